The van der Waals surface area contributed by atoms with Gasteiger partial charge < -0.3 is 19.4 Å². The van der Waals surface area contributed by atoms with E-state index in [1.54, 1.807) is 0 Å². The van der Waals surface area contributed by atoms with Crippen molar-refractivity contribution < 1.29 is 32.3 Å². The number of benzene rings is 1. The highest BCUT2D eigenvalue weighted by molar-refractivity contribution is 7.76. The molecule has 11 heteroatoms. The first kappa shape index (κ1) is 25.0. The standard InChI is InChI=1S/C24H26FN3O6S/c1-26-23(31)21-18-12-17(14-5-6-14)19(13-28(35(32)33)11-3-2-4-20(29)30)27-24(18)34-22(21)15-7-9-16(25)10-8-15/h7-10,12,14H,2-6,11,13H2,1H3,(H,26,31)(H,29,30)(H,32,33)/p-1. The van der Waals surface area contributed by atoms with Gasteiger partial charge in [0.15, 0.2) is 0 Å². The number of unbranched alkanes of at least 4 members (excludes halogenated alkanes) is 1. The maximum Gasteiger partial charge on any atom is 0.303 e. The molecule has 1 fully saturated rings. The molecule has 186 valence electrons. The first-order valence-electron chi connectivity index (χ1n) is 11.3. The highest BCUT2D eigenvalue weighted by Gasteiger charge is 2.31. The SMILES string of the molecule is CNC(=O)c1c(-c2ccc(F)cc2)oc2nc(CN(CCCCC(=O)O)S(=O)[O-])c(C3CC3)cc12. The van der Waals surface area contributed by atoms with Gasteiger partial charge in [0.25, 0.3) is 5.91 Å². The maximum atomic E-state index is 13.5. The first-order chi connectivity index (χ1) is 16.8. The third kappa shape index (κ3) is 5.75. The predicted octanol–water partition coefficient (Wildman–Crippen LogP) is 3.72. The molecule has 2 N–H and O–H groups in total. The lowest BCUT2D eigenvalue weighted by Gasteiger charge is -2.24. The van der Waals surface area contributed by atoms with Crippen molar-refractivity contribution in [1.29, 1.82) is 0 Å². The summed E-state index contributed by atoms with van der Waals surface area (Å²) in [5, 5.41) is 11.9. The van der Waals surface area contributed by atoms with Crippen LogP contribution in [0.3, 0.4) is 0 Å². The number of halogens is 1. The van der Waals surface area contributed by atoms with Gasteiger partial charge in [-0.15, -0.1) is 0 Å². The number of amides is 1. The Bertz CT molecular complexity index is 1270. The highest BCUT2D eigenvalue weighted by Crippen LogP contribution is 2.44. The quantitative estimate of drug-likeness (QED) is 0.301. The number of fused-ring (bicyclic) bond motifs is 1. The number of hydrogen-bond acceptors (Lipinski definition) is 6. The van der Waals surface area contributed by atoms with Crippen molar-refractivity contribution in [2.24, 2.45) is 0 Å². The fourth-order valence-corrected chi connectivity index (χ4v) is 4.55. The molecule has 2 aromatic heterocycles. The molecule has 35 heavy (non-hydrogen) atoms. The lowest BCUT2D eigenvalue weighted by atomic mass is 10.0. The molecule has 1 aliphatic rings. The van der Waals surface area contributed by atoms with Crippen molar-refractivity contribution >= 4 is 34.2 Å². The fraction of sp³-hybridized carbons (Fsp3) is 0.375. The van der Waals surface area contributed by atoms with E-state index in [9.17, 15) is 22.7 Å². The molecule has 0 radical (unpaired) electrons. The van der Waals surface area contributed by atoms with Crippen LogP contribution < -0.4 is 5.32 Å². The molecule has 4 rings (SSSR count). The van der Waals surface area contributed by atoms with Crippen LogP contribution in [-0.4, -0.2) is 48.6 Å². The van der Waals surface area contributed by atoms with Gasteiger partial charge in [-0.3, -0.25) is 13.8 Å². The Morgan fingerprint density at radius 2 is 2.00 bits per heavy atom. The van der Waals surface area contributed by atoms with Crippen LogP contribution in [0.1, 0.15) is 59.6 Å². The number of hydrogen-bond donors (Lipinski definition) is 2. The van der Waals surface area contributed by atoms with E-state index in [0.29, 0.717) is 29.5 Å². The second kappa shape index (κ2) is 10.6. The van der Waals surface area contributed by atoms with Gasteiger partial charge in [-0.1, -0.05) is 0 Å². The summed E-state index contributed by atoms with van der Waals surface area (Å²) in [6, 6.07) is 7.42. The molecule has 3 aromatic rings. The summed E-state index contributed by atoms with van der Waals surface area (Å²) >= 11 is -2.53. The van der Waals surface area contributed by atoms with Crippen LogP contribution in [0.4, 0.5) is 4.39 Å². The summed E-state index contributed by atoms with van der Waals surface area (Å²) in [6.07, 6.45) is 2.59. The summed E-state index contributed by atoms with van der Waals surface area (Å²) in [7, 11) is 1.50. The van der Waals surface area contributed by atoms with Crippen LogP contribution >= 0.6 is 0 Å². The topological polar surface area (TPSA) is 136 Å². The van der Waals surface area contributed by atoms with Crippen molar-refractivity contribution in [2.75, 3.05) is 13.6 Å². The van der Waals surface area contributed by atoms with Crippen molar-refractivity contribution in [3.63, 3.8) is 0 Å². The molecule has 1 unspecified atom stereocenters. The number of carbonyl (C=O) groups is 2. The van der Waals surface area contributed by atoms with Crippen LogP contribution in [0, 0.1) is 5.82 Å². The number of pyridine rings is 1. The van der Waals surface area contributed by atoms with Gasteiger partial charge >= 0.3 is 5.97 Å². The second-order valence-electron chi connectivity index (χ2n) is 8.47. The summed E-state index contributed by atoms with van der Waals surface area (Å²) in [6.45, 7) is 0.169. The van der Waals surface area contributed by atoms with Gasteiger partial charge in [0.2, 0.25) is 5.71 Å². The molecule has 1 aliphatic carbocycles. The van der Waals surface area contributed by atoms with Crippen molar-refractivity contribution in [1.82, 2.24) is 14.6 Å². The molecule has 0 spiro atoms. The summed E-state index contributed by atoms with van der Waals surface area (Å²) in [4.78, 5) is 28.2. The Morgan fingerprint density at radius 3 is 2.60 bits per heavy atom. The Kier molecular flexibility index (Phi) is 7.58. The molecule has 2 heterocycles. The van der Waals surface area contributed by atoms with Crippen LogP contribution in [0.2, 0.25) is 0 Å². The normalized spacial score (nSPS) is 14.4. The molecule has 9 nitrogen and oxygen atoms in total. The largest absolute Gasteiger partial charge is 0.760 e. The van der Waals surface area contributed by atoms with Crippen molar-refractivity contribution in [3.05, 3.63) is 53.0 Å². The first-order valence-corrected chi connectivity index (χ1v) is 12.3. The Hall–Kier alpha value is -3.15. The highest BCUT2D eigenvalue weighted by atomic mass is 32.2. The number of furan rings is 1. The van der Waals surface area contributed by atoms with E-state index < -0.39 is 23.1 Å². The zero-order valence-electron chi connectivity index (χ0n) is 19.1. The van der Waals surface area contributed by atoms with Crippen molar-refractivity contribution in [3.8, 4) is 11.3 Å². The van der Waals surface area contributed by atoms with Crippen LogP contribution in [-0.2, 0) is 22.6 Å². The lowest BCUT2D eigenvalue weighted by molar-refractivity contribution is -0.137. The van der Waals surface area contributed by atoms with E-state index in [4.69, 9.17) is 9.52 Å². The number of nitrogens with one attached hydrogen (secondary N) is 1. The van der Waals surface area contributed by atoms with Gasteiger partial charge in [-0.05, 0) is 67.5 Å². The van der Waals surface area contributed by atoms with E-state index in [1.165, 1.54) is 35.6 Å². The van der Waals surface area contributed by atoms with Gasteiger partial charge in [0.05, 0.1) is 23.2 Å². The molecule has 1 atom stereocenters. The number of nitrogens with zero attached hydrogens (tertiary/aromatic N) is 2. The average molecular weight is 503 g/mol. The number of rotatable bonds is 11. The number of carboxylic acid groups (broad SMARTS) is 1. The molecule has 0 bridgehead atoms. The van der Waals surface area contributed by atoms with Gasteiger partial charge in [0, 0.05) is 36.8 Å². The minimum atomic E-state index is -2.53. The number of aromatic nitrogens is 1. The zero-order valence-corrected chi connectivity index (χ0v) is 19.9. The van der Waals surface area contributed by atoms with Gasteiger partial charge in [-0.2, -0.15) is 0 Å². The molecule has 1 aromatic carbocycles. The van der Waals surface area contributed by atoms with Crippen molar-refractivity contribution in [2.45, 2.75) is 44.6 Å². The maximum absolute atomic E-state index is 13.5. The van der Waals surface area contributed by atoms with E-state index in [2.05, 4.69) is 10.3 Å². The monoisotopic (exact) mass is 502 g/mol. The van der Waals surface area contributed by atoms with Crippen LogP contribution in [0.15, 0.2) is 34.7 Å². The van der Waals surface area contributed by atoms with Crippen LogP contribution in [0.25, 0.3) is 22.4 Å². The smallest absolute Gasteiger partial charge is 0.303 e. The minimum Gasteiger partial charge on any atom is -0.760 e. The molecule has 1 saturated carbocycles. The van der Waals surface area contributed by atoms with Gasteiger partial charge in [0.1, 0.15) is 11.6 Å². The third-order valence-corrected chi connectivity index (χ3v) is 6.69. The van der Waals surface area contributed by atoms with E-state index >= 15 is 0 Å². The van der Waals surface area contributed by atoms with E-state index in [1.807, 2.05) is 6.07 Å². The second-order valence-corrected chi connectivity index (χ2v) is 9.43. The van der Waals surface area contributed by atoms with Gasteiger partial charge in [-0.25, -0.2) is 13.7 Å². The van der Waals surface area contributed by atoms with E-state index in [0.717, 1.165) is 18.4 Å². The van der Waals surface area contributed by atoms with Crippen LogP contribution in [0.5, 0.6) is 0 Å². The zero-order chi connectivity index (χ0) is 25.1. The molecule has 0 saturated heterocycles. The summed E-state index contributed by atoms with van der Waals surface area (Å²) in [5.74, 6) is -1.26. The average Bonchev–Trinajstić information content (AvgIpc) is 3.60. The lowest BCUT2D eigenvalue weighted by Crippen LogP contribution is -2.27. The third-order valence-electron chi connectivity index (χ3n) is 5.96. The molecular weight excluding hydrogens is 477 g/mol. The molecule has 0 aliphatic heterocycles. The number of aliphatic carboxylic acids is 1. The molecular formula is C24H25FN3O6S-. The predicted molar refractivity (Wildman–Crippen MR) is 126 cm³/mol. The minimum absolute atomic E-state index is 0.00679. The Labute approximate surface area is 203 Å². The Morgan fingerprint density at radius 1 is 1.29 bits per heavy atom. The summed E-state index contributed by atoms with van der Waals surface area (Å²) in [5.41, 5.74) is 2.37. The summed E-state index contributed by atoms with van der Waals surface area (Å²) < 4.78 is 44.4. The molecule has 1 amide bonds. The number of carbonyl (C=O) groups excluding carboxylic acids is 1. The number of carboxylic acids is 1. The van der Waals surface area contributed by atoms with E-state index in [-0.39, 0.29) is 48.4 Å². The Balaban J connectivity index is 1.73. The fourth-order valence-electron chi connectivity index (χ4n) is 4.04.